The van der Waals surface area contributed by atoms with Crippen molar-refractivity contribution in [3.05, 3.63) is 176 Å². The number of hydrogen-bond donors (Lipinski definition) is 0. The van der Waals surface area contributed by atoms with Gasteiger partial charge in [-0.25, -0.2) is 4.98 Å². The first-order valence-electron chi connectivity index (χ1n) is 16.6. The Hall–Kier alpha value is -5.49. The van der Waals surface area contributed by atoms with Crippen LogP contribution in [0.15, 0.2) is 164 Å². The average molecular weight is 895 g/mol. The predicted molar refractivity (Wildman–Crippen MR) is 202 cm³/mol. The SMILES string of the molecule is [Pt+2].[c-]1c(Oc2[c-]c3c(cc2)c2ccccc2n3-c2ccccn2)cccc1-n1cc2[c](n1)[Ge]([c]1ccccc1-c1ccccc1)[c]1ccccc1-2. The molecule has 0 fully saturated rings. The van der Waals surface area contributed by atoms with Crippen LogP contribution in [0.25, 0.3) is 55.6 Å². The van der Waals surface area contributed by atoms with Crippen molar-refractivity contribution < 1.29 is 25.8 Å². The van der Waals surface area contributed by atoms with Gasteiger partial charge in [-0.3, -0.25) is 0 Å². The van der Waals surface area contributed by atoms with E-state index in [1.54, 1.807) is 0 Å². The van der Waals surface area contributed by atoms with Crippen molar-refractivity contribution in [2.45, 2.75) is 0 Å². The summed E-state index contributed by atoms with van der Waals surface area (Å²) in [5.74, 6) is 2.04. The van der Waals surface area contributed by atoms with Gasteiger partial charge in [-0.15, -0.1) is 0 Å². The maximum absolute atomic E-state index is 6.45. The van der Waals surface area contributed by atoms with Crippen LogP contribution < -0.4 is 18.1 Å². The van der Waals surface area contributed by atoms with Crippen LogP contribution in [-0.4, -0.2) is 33.7 Å². The molecule has 7 heteroatoms. The van der Waals surface area contributed by atoms with Crippen molar-refractivity contribution in [2.75, 3.05) is 0 Å². The van der Waals surface area contributed by atoms with Crippen LogP contribution in [0.4, 0.5) is 0 Å². The van der Waals surface area contributed by atoms with Crippen LogP contribution in [0.3, 0.4) is 0 Å². The van der Waals surface area contributed by atoms with Crippen molar-refractivity contribution in [2.24, 2.45) is 0 Å². The second-order valence-electron chi connectivity index (χ2n) is 12.3. The van der Waals surface area contributed by atoms with Crippen LogP contribution in [0.5, 0.6) is 11.5 Å². The summed E-state index contributed by atoms with van der Waals surface area (Å²) in [5.41, 5.74) is 7.83. The van der Waals surface area contributed by atoms with E-state index in [1.807, 2.05) is 53.3 Å². The molecule has 10 rings (SSSR count). The average Bonchev–Trinajstić information content (AvgIpc) is 3.84. The summed E-state index contributed by atoms with van der Waals surface area (Å²) in [6, 6.07) is 59.8. The number of nitrogens with zero attached hydrogens (tertiary/aromatic N) is 4. The molecule has 0 atom stereocenters. The van der Waals surface area contributed by atoms with Crippen molar-refractivity contribution in [3.8, 4) is 45.3 Å². The molecule has 9 aromatic rings. The van der Waals surface area contributed by atoms with Gasteiger partial charge in [-0.2, -0.15) is 0 Å². The molecule has 1 radical (unpaired) electrons. The van der Waals surface area contributed by atoms with Crippen LogP contribution in [0, 0.1) is 12.1 Å². The van der Waals surface area contributed by atoms with E-state index in [-0.39, 0.29) is 21.1 Å². The number of rotatable bonds is 6. The fourth-order valence-electron chi connectivity index (χ4n) is 7.19. The van der Waals surface area contributed by atoms with Gasteiger partial charge in [0.15, 0.2) is 0 Å². The van der Waals surface area contributed by atoms with E-state index in [4.69, 9.17) is 9.84 Å². The first kappa shape index (κ1) is 31.5. The molecule has 5 nitrogen and oxygen atoms in total. The van der Waals surface area contributed by atoms with Gasteiger partial charge >= 0.3 is 262 Å². The number of hydrogen-bond acceptors (Lipinski definition) is 3. The summed E-state index contributed by atoms with van der Waals surface area (Å²) in [5, 5.41) is 7.55. The summed E-state index contributed by atoms with van der Waals surface area (Å²) in [6.45, 7) is 0. The molecule has 3 aromatic heterocycles. The van der Waals surface area contributed by atoms with Gasteiger partial charge in [-0.05, 0) is 18.2 Å². The minimum absolute atomic E-state index is 0. The zero-order valence-corrected chi connectivity index (χ0v) is 31.5. The number of aromatic nitrogens is 4. The van der Waals surface area contributed by atoms with E-state index in [9.17, 15) is 0 Å². The number of para-hydroxylation sites is 1. The van der Waals surface area contributed by atoms with Gasteiger partial charge in [0.25, 0.3) is 0 Å². The van der Waals surface area contributed by atoms with Crippen LogP contribution in [0.1, 0.15) is 0 Å². The van der Waals surface area contributed by atoms with Gasteiger partial charge in [0.1, 0.15) is 0 Å². The Labute approximate surface area is 314 Å². The van der Waals surface area contributed by atoms with Gasteiger partial charge in [-0.1, -0.05) is 24.3 Å². The van der Waals surface area contributed by atoms with Crippen molar-refractivity contribution in [3.63, 3.8) is 0 Å². The van der Waals surface area contributed by atoms with E-state index in [1.165, 1.54) is 35.6 Å². The number of pyridine rings is 1. The molecule has 0 amide bonds. The third kappa shape index (κ3) is 5.36. The van der Waals surface area contributed by atoms with Crippen LogP contribution >= 0.6 is 0 Å². The molecule has 4 heterocycles. The Kier molecular flexibility index (Phi) is 8.03. The van der Waals surface area contributed by atoms with Crippen molar-refractivity contribution in [1.29, 1.82) is 0 Å². The monoisotopic (exact) mass is 896 g/mol. The molecule has 0 spiro atoms. The van der Waals surface area contributed by atoms with Gasteiger partial charge in [0, 0.05) is 6.20 Å². The summed E-state index contributed by atoms with van der Waals surface area (Å²) in [7, 11) is 0. The van der Waals surface area contributed by atoms with E-state index < -0.39 is 14.3 Å². The third-order valence-corrected chi connectivity index (χ3v) is 15.2. The Balaban J connectivity index is 0.00000348. The first-order chi connectivity index (χ1) is 24.8. The zero-order chi connectivity index (χ0) is 33.0. The zero-order valence-electron chi connectivity index (χ0n) is 27.1. The normalized spacial score (nSPS) is 12.1. The van der Waals surface area contributed by atoms with E-state index in [0.717, 1.165) is 33.3 Å². The van der Waals surface area contributed by atoms with Crippen LogP contribution in [-0.2, 0) is 21.1 Å². The van der Waals surface area contributed by atoms with Crippen LogP contribution in [0.2, 0.25) is 0 Å². The summed E-state index contributed by atoms with van der Waals surface area (Å²) < 4.78 is 14.6. The molecule has 0 bridgehead atoms. The topological polar surface area (TPSA) is 44.9 Å². The van der Waals surface area contributed by atoms with Crippen molar-refractivity contribution >= 4 is 49.5 Å². The Morgan fingerprint density at radius 3 is 2.14 bits per heavy atom. The Morgan fingerprint density at radius 1 is 0.569 bits per heavy atom. The molecule has 243 valence electrons. The Morgan fingerprint density at radius 2 is 1.29 bits per heavy atom. The summed E-state index contributed by atoms with van der Waals surface area (Å²) in [6.07, 6.45) is 3.98. The fourth-order valence-corrected chi connectivity index (χ4v) is 13.5. The fraction of sp³-hybridized carbons (Fsp3) is 0. The molecule has 0 saturated carbocycles. The maximum atomic E-state index is 6.45. The van der Waals surface area contributed by atoms with E-state index in [2.05, 4.69) is 137 Å². The minimum atomic E-state index is -2.25. The predicted octanol–water partition coefficient (Wildman–Crippen LogP) is 7.92. The standard InChI is InChI=1S/C44H27GeN4O.Pt/c1-2-13-30(14-3-1)34-17-4-7-20-39(34)45-40-21-8-5-18-35(40)38-29-48(47-44(38)45)31-15-12-16-32(27-31)50-33-24-25-37-36-19-6-9-22-41(36)49(42(37)28-33)43-23-10-11-26-46-43;/h1-26,29H;/q-2;+2. The number of benzene rings is 6. The summed E-state index contributed by atoms with van der Waals surface area (Å²) >= 11 is -2.25. The Bertz CT molecular complexity index is 2700. The molecular weight excluding hydrogens is 868 g/mol. The molecule has 6 aromatic carbocycles. The second-order valence-corrected chi connectivity index (χ2v) is 17.1. The van der Waals surface area contributed by atoms with Gasteiger partial charge in [0.05, 0.1) is 0 Å². The molecule has 0 saturated heterocycles. The molecular formula is C44H27GeN4OPt. The van der Waals surface area contributed by atoms with Gasteiger partial charge in [0.2, 0.25) is 0 Å². The third-order valence-electron chi connectivity index (χ3n) is 9.37. The number of fused-ring (bicyclic) bond motifs is 6. The molecule has 0 unspecified atom stereocenters. The van der Waals surface area contributed by atoms with Crippen molar-refractivity contribution in [1.82, 2.24) is 19.3 Å². The second kappa shape index (κ2) is 13.0. The quantitative estimate of drug-likeness (QED) is 0.126. The first-order valence-corrected chi connectivity index (χ1v) is 19.7. The molecule has 0 N–H and O–H groups in total. The van der Waals surface area contributed by atoms with E-state index in [0.29, 0.717) is 11.5 Å². The molecule has 0 aliphatic carbocycles. The molecule has 51 heavy (non-hydrogen) atoms. The summed E-state index contributed by atoms with van der Waals surface area (Å²) in [4.78, 5) is 4.65. The van der Waals surface area contributed by atoms with Gasteiger partial charge < -0.3 is 0 Å². The molecule has 1 aliphatic heterocycles. The number of ether oxygens (including phenoxy) is 1. The molecule has 1 aliphatic rings. The van der Waals surface area contributed by atoms with E-state index >= 15 is 0 Å².